The number of ether oxygens (including phenoxy) is 6. The highest BCUT2D eigenvalue weighted by molar-refractivity contribution is 6.34. The van der Waals surface area contributed by atoms with Crippen molar-refractivity contribution >= 4 is 46.2 Å². The number of benzene rings is 3. The van der Waals surface area contributed by atoms with Crippen LogP contribution in [0.2, 0.25) is 5.02 Å². The van der Waals surface area contributed by atoms with E-state index in [0.717, 1.165) is 30.5 Å². The summed E-state index contributed by atoms with van der Waals surface area (Å²) < 4.78 is 98.6. The number of aromatic nitrogens is 3. The Bertz CT molecular complexity index is 2820. The molecule has 2 bridgehead atoms. The molecule has 77 heavy (non-hydrogen) atoms. The van der Waals surface area contributed by atoms with Crippen molar-refractivity contribution in [2.24, 2.45) is 0 Å². The Hall–Kier alpha value is -6.18. The van der Waals surface area contributed by atoms with Crippen LogP contribution in [0, 0.1) is 12.7 Å². The summed E-state index contributed by atoms with van der Waals surface area (Å²) in [5.41, 5.74) is -2.58. The van der Waals surface area contributed by atoms with Gasteiger partial charge in [-0.1, -0.05) is 35.9 Å². The van der Waals surface area contributed by atoms with E-state index in [1.54, 1.807) is 43.4 Å². The smallest absolute Gasteiger partial charge is 0.418 e. The maximum atomic E-state index is 18.0. The van der Waals surface area contributed by atoms with E-state index in [1.165, 1.54) is 19.1 Å². The number of carbonyl (C=O) groups is 2. The highest BCUT2D eigenvalue weighted by Gasteiger charge is 2.46. The fourth-order valence-corrected chi connectivity index (χ4v) is 10.7. The molecule has 15 nitrogen and oxygen atoms in total. The molecule has 3 aliphatic heterocycles. The zero-order chi connectivity index (χ0) is 55.4. The van der Waals surface area contributed by atoms with Crippen molar-refractivity contribution in [3.05, 3.63) is 93.8 Å². The van der Waals surface area contributed by atoms with Gasteiger partial charge in [-0.3, -0.25) is 14.6 Å². The number of carbonyl (C=O) groups excluding carboxylic acids is 2. The van der Waals surface area contributed by atoms with Crippen LogP contribution in [0.1, 0.15) is 102 Å². The summed E-state index contributed by atoms with van der Waals surface area (Å²) in [5, 5.41) is -0.171. The first kappa shape index (κ1) is 57.0. The number of aryl methyl sites for hydroxylation is 1. The van der Waals surface area contributed by atoms with Gasteiger partial charge in [0.2, 0.25) is 0 Å². The van der Waals surface area contributed by atoms with Gasteiger partial charge < -0.3 is 38.2 Å². The summed E-state index contributed by atoms with van der Waals surface area (Å²) in [6.07, 6.45) is -1.47. The quantitative estimate of drug-likeness (QED) is 0.0440. The molecule has 3 saturated heterocycles. The number of hydrogen-bond donors (Lipinski definition) is 0. The largest absolute Gasteiger partial charge is 0.497 e. The summed E-state index contributed by atoms with van der Waals surface area (Å²) in [4.78, 5) is 47.7. The number of fused-ring (bicyclic) bond motifs is 3. The Kier molecular flexibility index (Phi) is 17.6. The normalized spacial score (nSPS) is 18.0. The molecule has 0 saturated carbocycles. The molecule has 5 aromatic rings. The van der Waals surface area contributed by atoms with Crippen molar-refractivity contribution in [1.82, 2.24) is 24.8 Å². The number of anilines is 2. The van der Waals surface area contributed by atoms with Crippen LogP contribution in [-0.2, 0) is 38.3 Å². The molecule has 0 radical (unpaired) electrons. The number of halogens is 5. The number of alkyl halides is 3. The van der Waals surface area contributed by atoms with Gasteiger partial charge in [0, 0.05) is 50.8 Å². The molecule has 8 rings (SSSR count). The minimum Gasteiger partial charge on any atom is -0.497 e. The first-order chi connectivity index (χ1) is 36.5. The molecule has 3 aliphatic rings. The molecule has 5 heterocycles. The molecule has 0 aliphatic carbocycles. The Morgan fingerprint density at radius 1 is 0.805 bits per heavy atom. The van der Waals surface area contributed by atoms with Gasteiger partial charge >= 0.3 is 24.2 Å². The second kappa shape index (κ2) is 23.8. The second-order valence-electron chi connectivity index (χ2n) is 22.0. The minimum absolute atomic E-state index is 0.0543. The summed E-state index contributed by atoms with van der Waals surface area (Å²) >= 11 is 7.09. The van der Waals surface area contributed by atoms with Gasteiger partial charge in [-0.2, -0.15) is 23.1 Å². The molecule has 3 fully saturated rings. The molecule has 416 valence electrons. The van der Waals surface area contributed by atoms with Gasteiger partial charge in [0.05, 0.1) is 61.2 Å². The first-order valence-electron chi connectivity index (χ1n) is 26.2. The molecule has 3 aromatic carbocycles. The SMILES string of the molecule is COc1ccc(CN(Cc2ccc(OC)cc2)c2cc(C)c(C(F)(F)F)c(-c3c(Cl)cc4c(N5CC6CCC(C5)N6C(=O)OC(C)(C)C)nc(OC[C@@H]5CCCN5CCCOCCC(=O)OC(C)(C)C)nc4c3F)n2)cc1. The maximum Gasteiger partial charge on any atom is 0.418 e. The summed E-state index contributed by atoms with van der Waals surface area (Å²) in [5.74, 6) is 0.227. The summed E-state index contributed by atoms with van der Waals surface area (Å²) in [7, 11) is 3.11. The number of rotatable bonds is 19. The van der Waals surface area contributed by atoms with Crippen LogP contribution >= 0.6 is 11.6 Å². The fourth-order valence-electron chi connectivity index (χ4n) is 10.4. The highest BCUT2D eigenvalue weighted by atomic mass is 35.5. The molecular formula is C57H70ClF4N7O8. The lowest BCUT2D eigenvalue weighted by Crippen LogP contribution is -2.57. The van der Waals surface area contributed by atoms with Crippen LogP contribution in [0.15, 0.2) is 60.7 Å². The van der Waals surface area contributed by atoms with E-state index in [9.17, 15) is 9.59 Å². The average Bonchev–Trinajstić information content (AvgIpc) is 3.95. The number of likely N-dealkylation sites (tertiary alicyclic amines) is 1. The lowest BCUT2D eigenvalue weighted by atomic mass is 9.98. The van der Waals surface area contributed by atoms with Crippen LogP contribution < -0.4 is 24.0 Å². The lowest BCUT2D eigenvalue weighted by molar-refractivity contribution is -0.156. The monoisotopic (exact) mass is 1090 g/mol. The average molecular weight is 1090 g/mol. The van der Waals surface area contributed by atoms with E-state index in [-0.39, 0.29) is 96.0 Å². The third-order valence-electron chi connectivity index (χ3n) is 13.8. The third-order valence-corrected chi connectivity index (χ3v) is 14.1. The molecule has 0 N–H and O–H groups in total. The van der Waals surface area contributed by atoms with Gasteiger partial charge in [0.25, 0.3) is 0 Å². The van der Waals surface area contributed by atoms with Crippen LogP contribution in [0.5, 0.6) is 17.5 Å². The van der Waals surface area contributed by atoms with E-state index in [4.69, 9.17) is 50.0 Å². The molecule has 2 aromatic heterocycles. The van der Waals surface area contributed by atoms with Crippen molar-refractivity contribution in [3.63, 3.8) is 0 Å². The molecule has 0 spiro atoms. The molecule has 3 atom stereocenters. The van der Waals surface area contributed by atoms with E-state index < -0.39 is 46.1 Å². The minimum atomic E-state index is -4.98. The standard InChI is InChI=1S/C57H70ClF4N7O8/c1-35-28-45(67(30-36-13-19-41(72-8)20-14-36)31-37-15-21-42(73-9)22-16-37)63-51(48(35)57(60,61)62)47-44(58)29-43-50(49(47)59)64-53(65-52(43)68-32-38-17-18-39(33-68)69(38)54(71)77-56(5,6)7)75-34-40-12-10-24-66(40)25-11-26-74-27-23-46(70)76-55(2,3)4/h13-16,19-22,28-29,38-40H,10-12,17-18,23-27,30-34H2,1-9H3/t38?,39?,40-/m0/s1. The van der Waals surface area contributed by atoms with E-state index in [0.29, 0.717) is 57.0 Å². The first-order valence-corrected chi connectivity index (χ1v) is 26.6. The predicted molar refractivity (Wildman–Crippen MR) is 286 cm³/mol. The van der Waals surface area contributed by atoms with Crippen molar-refractivity contribution < 1.29 is 55.6 Å². The van der Waals surface area contributed by atoms with Crippen molar-refractivity contribution in [1.29, 1.82) is 0 Å². The lowest BCUT2D eigenvalue weighted by Gasteiger charge is -2.42. The van der Waals surface area contributed by atoms with Crippen molar-refractivity contribution in [2.75, 3.05) is 70.0 Å². The predicted octanol–water partition coefficient (Wildman–Crippen LogP) is 11.6. The van der Waals surface area contributed by atoms with Crippen LogP contribution in [0.4, 0.5) is 34.0 Å². The van der Waals surface area contributed by atoms with Gasteiger partial charge in [0.1, 0.15) is 46.5 Å². The van der Waals surface area contributed by atoms with Crippen LogP contribution in [0.25, 0.3) is 22.2 Å². The number of piperazine rings is 1. The Morgan fingerprint density at radius 2 is 1.42 bits per heavy atom. The van der Waals surface area contributed by atoms with Crippen molar-refractivity contribution in [3.8, 4) is 28.8 Å². The fraction of sp³-hybridized carbons (Fsp3) is 0.526. The topological polar surface area (TPSA) is 141 Å². The third kappa shape index (κ3) is 14.1. The highest BCUT2D eigenvalue weighted by Crippen LogP contribution is 2.46. The van der Waals surface area contributed by atoms with Crippen LogP contribution in [-0.4, -0.2) is 126 Å². The van der Waals surface area contributed by atoms with E-state index in [2.05, 4.69) is 9.88 Å². The van der Waals surface area contributed by atoms with Gasteiger partial charge in [-0.05, 0) is 140 Å². The Balaban J connectivity index is 1.15. The Morgan fingerprint density at radius 3 is 1.99 bits per heavy atom. The molecular weight excluding hydrogens is 1020 g/mol. The van der Waals surface area contributed by atoms with Gasteiger partial charge in [0.15, 0.2) is 5.82 Å². The summed E-state index contributed by atoms with van der Waals surface area (Å²) in [6, 6.07) is 16.6. The summed E-state index contributed by atoms with van der Waals surface area (Å²) in [6.45, 7) is 15.6. The van der Waals surface area contributed by atoms with E-state index in [1.807, 2.05) is 75.6 Å². The molecule has 20 heteroatoms. The zero-order valence-electron chi connectivity index (χ0n) is 45.4. The number of nitrogens with zero attached hydrogens (tertiary/aromatic N) is 7. The Labute approximate surface area is 453 Å². The van der Waals surface area contributed by atoms with E-state index >= 15 is 17.6 Å². The maximum absolute atomic E-state index is 18.0. The van der Waals surface area contributed by atoms with Gasteiger partial charge in [-0.15, -0.1) is 0 Å². The van der Waals surface area contributed by atoms with Crippen molar-refractivity contribution in [2.45, 2.75) is 136 Å². The second-order valence-corrected chi connectivity index (χ2v) is 22.4. The molecule has 1 amide bonds. The number of pyridine rings is 1. The van der Waals surface area contributed by atoms with Crippen LogP contribution in [0.3, 0.4) is 0 Å². The molecule has 2 unspecified atom stereocenters. The number of amides is 1. The number of hydrogen-bond acceptors (Lipinski definition) is 14. The zero-order valence-corrected chi connectivity index (χ0v) is 46.2. The number of esters is 1. The number of methoxy groups -OCH3 is 2. The van der Waals surface area contributed by atoms with Gasteiger partial charge in [-0.25, -0.2) is 14.2 Å².